The third-order valence-corrected chi connectivity index (χ3v) is 3.15. The van der Waals surface area contributed by atoms with Gasteiger partial charge in [-0.25, -0.2) is 9.97 Å². The number of hydrogen-bond acceptors (Lipinski definition) is 5. The Morgan fingerprint density at radius 3 is 2.50 bits per heavy atom. The number of piperazine rings is 1. The van der Waals surface area contributed by atoms with Gasteiger partial charge in [0.05, 0.1) is 0 Å². The number of aromatic nitrogens is 2. The van der Waals surface area contributed by atoms with Crippen molar-refractivity contribution >= 4 is 17.6 Å². The number of alkyl halides is 3. The minimum Gasteiger partial charge on any atom is -0.354 e. The molecule has 0 aliphatic carbocycles. The van der Waals surface area contributed by atoms with E-state index in [1.165, 1.54) is 0 Å². The number of nitrogens with zero attached hydrogens (tertiary/aromatic N) is 3. The van der Waals surface area contributed by atoms with Crippen LogP contribution >= 0.6 is 11.8 Å². The first-order chi connectivity index (χ1) is 8.50. The van der Waals surface area contributed by atoms with Crippen LogP contribution in [0, 0.1) is 0 Å². The number of anilines is 1. The number of nitrogens with one attached hydrogen (secondary N) is 1. The van der Waals surface area contributed by atoms with Crippen molar-refractivity contribution in [3.8, 4) is 0 Å². The predicted octanol–water partition coefficient (Wildman–Crippen LogP) is 1.63. The van der Waals surface area contributed by atoms with Gasteiger partial charge < -0.3 is 10.2 Å². The van der Waals surface area contributed by atoms with Crippen LogP contribution in [0.25, 0.3) is 0 Å². The van der Waals surface area contributed by atoms with Crippen LogP contribution in [0.15, 0.2) is 11.2 Å². The Balaban J connectivity index is 2.34. The van der Waals surface area contributed by atoms with Gasteiger partial charge in [0, 0.05) is 32.2 Å². The van der Waals surface area contributed by atoms with Crippen molar-refractivity contribution in [1.82, 2.24) is 15.3 Å². The van der Waals surface area contributed by atoms with E-state index in [4.69, 9.17) is 0 Å². The van der Waals surface area contributed by atoms with Crippen molar-refractivity contribution < 1.29 is 13.2 Å². The van der Waals surface area contributed by atoms with E-state index >= 15 is 0 Å². The van der Waals surface area contributed by atoms with E-state index in [1.807, 2.05) is 4.90 Å². The lowest BCUT2D eigenvalue weighted by Gasteiger charge is -2.28. The largest absolute Gasteiger partial charge is 0.433 e. The van der Waals surface area contributed by atoms with Gasteiger partial charge in [0.1, 0.15) is 5.82 Å². The number of hydrogen-bond donors (Lipinski definition) is 1. The molecule has 0 unspecified atom stereocenters. The zero-order chi connectivity index (χ0) is 13.2. The zero-order valence-electron chi connectivity index (χ0n) is 9.79. The van der Waals surface area contributed by atoms with Crippen molar-refractivity contribution in [2.75, 3.05) is 37.3 Å². The Bertz CT molecular complexity index is 418. The van der Waals surface area contributed by atoms with Crippen molar-refractivity contribution in [3.63, 3.8) is 0 Å². The van der Waals surface area contributed by atoms with Gasteiger partial charge in [-0.1, -0.05) is 11.8 Å². The molecule has 100 valence electrons. The van der Waals surface area contributed by atoms with Gasteiger partial charge in [0.15, 0.2) is 10.9 Å². The van der Waals surface area contributed by atoms with E-state index < -0.39 is 11.9 Å². The van der Waals surface area contributed by atoms with E-state index in [-0.39, 0.29) is 5.16 Å². The van der Waals surface area contributed by atoms with Gasteiger partial charge in [-0.2, -0.15) is 13.2 Å². The Kier molecular flexibility index (Phi) is 3.96. The lowest BCUT2D eigenvalue weighted by atomic mass is 10.3. The van der Waals surface area contributed by atoms with Crippen molar-refractivity contribution in [1.29, 1.82) is 0 Å². The van der Waals surface area contributed by atoms with Crippen LogP contribution in [-0.4, -0.2) is 42.4 Å². The second kappa shape index (κ2) is 5.31. The van der Waals surface area contributed by atoms with Crippen LogP contribution in [-0.2, 0) is 6.18 Å². The molecule has 0 saturated carbocycles. The Labute approximate surface area is 107 Å². The summed E-state index contributed by atoms with van der Waals surface area (Å²) >= 11 is 1.11. The lowest BCUT2D eigenvalue weighted by Crippen LogP contribution is -2.44. The van der Waals surface area contributed by atoms with Crippen molar-refractivity contribution in [3.05, 3.63) is 11.8 Å². The fourth-order valence-electron chi connectivity index (χ4n) is 1.71. The fraction of sp³-hybridized carbons (Fsp3) is 0.600. The summed E-state index contributed by atoms with van der Waals surface area (Å²) in [5.74, 6) is 0.350. The van der Waals surface area contributed by atoms with Crippen LogP contribution in [0.1, 0.15) is 5.69 Å². The summed E-state index contributed by atoms with van der Waals surface area (Å²) in [6.07, 6.45) is -2.77. The molecule has 18 heavy (non-hydrogen) atoms. The molecule has 0 radical (unpaired) electrons. The Morgan fingerprint density at radius 2 is 1.94 bits per heavy atom. The van der Waals surface area contributed by atoms with Crippen molar-refractivity contribution in [2.24, 2.45) is 0 Å². The molecule has 1 N–H and O–H groups in total. The molecule has 1 aromatic heterocycles. The first-order valence-corrected chi connectivity index (χ1v) is 6.69. The smallest absolute Gasteiger partial charge is 0.354 e. The molecule has 0 amide bonds. The second-order valence-corrected chi connectivity index (χ2v) is 4.61. The molecule has 2 heterocycles. The van der Waals surface area contributed by atoms with Gasteiger partial charge in [-0.05, 0) is 6.26 Å². The minimum atomic E-state index is -4.43. The van der Waals surface area contributed by atoms with Gasteiger partial charge >= 0.3 is 6.18 Å². The highest BCUT2D eigenvalue weighted by Gasteiger charge is 2.34. The van der Waals surface area contributed by atoms with Gasteiger partial charge in [0.25, 0.3) is 0 Å². The molecule has 0 bridgehead atoms. The highest BCUT2D eigenvalue weighted by Crippen LogP contribution is 2.31. The minimum absolute atomic E-state index is 0.151. The maximum absolute atomic E-state index is 12.7. The topological polar surface area (TPSA) is 41.1 Å². The standard InChI is InChI=1S/C10H13F3N4S/c1-18-9-15-7(10(11,12)13)6-8(16-9)17-4-2-14-3-5-17/h6,14H,2-5H2,1H3. The van der Waals surface area contributed by atoms with Crippen LogP contribution in [0.2, 0.25) is 0 Å². The molecule has 8 heteroatoms. The zero-order valence-corrected chi connectivity index (χ0v) is 10.6. The molecular formula is C10H13F3N4S. The molecule has 1 aliphatic heterocycles. The Morgan fingerprint density at radius 1 is 1.28 bits per heavy atom. The highest BCUT2D eigenvalue weighted by atomic mass is 32.2. The molecule has 4 nitrogen and oxygen atoms in total. The SMILES string of the molecule is CSc1nc(N2CCNCC2)cc(C(F)(F)F)n1. The summed E-state index contributed by atoms with van der Waals surface area (Å²) < 4.78 is 38.2. The normalized spacial score (nSPS) is 17.0. The molecule has 1 aliphatic rings. The molecule has 0 aromatic carbocycles. The highest BCUT2D eigenvalue weighted by molar-refractivity contribution is 7.98. The summed E-state index contributed by atoms with van der Waals surface area (Å²) in [5, 5.41) is 3.30. The van der Waals surface area contributed by atoms with Crippen molar-refractivity contribution in [2.45, 2.75) is 11.3 Å². The predicted molar refractivity (Wildman–Crippen MR) is 63.9 cm³/mol. The van der Waals surface area contributed by atoms with E-state index in [1.54, 1.807) is 6.26 Å². The first kappa shape index (κ1) is 13.4. The van der Waals surface area contributed by atoms with E-state index in [2.05, 4.69) is 15.3 Å². The summed E-state index contributed by atoms with van der Waals surface area (Å²) in [5.41, 5.74) is -0.879. The van der Waals surface area contributed by atoms with Crippen LogP contribution in [0.5, 0.6) is 0 Å². The van der Waals surface area contributed by atoms with E-state index in [0.29, 0.717) is 18.9 Å². The molecule has 1 aromatic rings. The van der Waals surface area contributed by atoms with Crippen LogP contribution in [0.4, 0.5) is 19.0 Å². The maximum Gasteiger partial charge on any atom is 0.433 e. The van der Waals surface area contributed by atoms with Gasteiger partial charge in [-0.3, -0.25) is 0 Å². The molecule has 2 rings (SSSR count). The van der Waals surface area contributed by atoms with E-state index in [0.717, 1.165) is 30.9 Å². The number of thioether (sulfide) groups is 1. The molecular weight excluding hydrogens is 265 g/mol. The van der Waals surface area contributed by atoms with Crippen LogP contribution < -0.4 is 10.2 Å². The lowest BCUT2D eigenvalue weighted by molar-refractivity contribution is -0.141. The summed E-state index contributed by atoms with van der Waals surface area (Å²) in [4.78, 5) is 9.48. The molecule has 0 atom stereocenters. The van der Waals surface area contributed by atoms with Gasteiger partial charge in [0.2, 0.25) is 0 Å². The third kappa shape index (κ3) is 3.05. The average molecular weight is 278 g/mol. The van der Waals surface area contributed by atoms with E-state index in [9.17, 15) is 13.2 Å². The third-order valence-electron chi connectivity index (χ3n) is 2.61. The summed E-state index contributed by atoms with van der Waals surface area (Å²) in [6.45, 7) is 2.81. The molecule has 1 saturated heterocycles. The number of rotatable bonds is 2. The van der Waals surface area contributed by atoms with Crippen LogP contribution in [0.3, 0.4) is 0 Å². The van der Waals surface area contributed by atoms with Gasteiger partial charge in [-0.15, -0.1) is 0 Å². The number of halogens is 3. The molecule has 0 spiro atoms. The molecule has 1 fully saturated rings. The fourth-order valence-corrected chi connectivity index (χ4v) is 2.08. The second-order valence-electron chi connectivity index (χ2n) is 3.83. The summed E-state index contributed by atoms with van der Waals surface area (Å²) in [7, 11) is 0. The Hall–Kier alpha value is -1.02. The average Bonchev–Trinajstić information content (AvgIpc) is 2.38. The summed E-state index contributed by atoms with van der Waals surface area (Å²) in [6, 6.07) is 1.02. The maximum atomic E-state index is 12.7. The monoisotopic (exact) mass is 278 g/mol. The first-order valence-electron chi connectivity index (χ1n) is 5.46. The quantitative estimate of drug-likeness (QED) is 0.658.